The second kappa shape index (κ2) is 7.08. The zero-order chi connectivity index (χ0) is 18.0. The Morgan fingerprint density at radius 2 is 2.19 bits per heavy atom. The third-order valence-electron chi connectivity index (χ3n) is 5.36. The summed E-state index contributed by atoms with van der Waals surface area (Å²) in [6, 6.07) is 12.4. The molecule has 26 heavy (non-hydrogen) atoms. The molecule has 1 atom stereocenters. The van der Waals surface area contributed by atoms with Crippen LogP contribution < -0.4 is 10.2 Å². The van der Waals surface area contributed by atoms with Crippen molar-refractivity contribution in [3.63, 3.8) is 0 Å². The monoisotopic (exact) mass is 351 g/mol. The SMILES string of the molecule is CCCNC(=O)c1ccc(N2CCOC3(CCc4ccccc43)C2)nc1. The van der Waals surface area contributed by atoms with Gasteiger partial charge in [-0.1, -0.05) is 31.2 Å². The number of aryl methyl sites for hydroxylation is 1. The van der Waals surface area contributed by atoms with Crippen molar-refractivity contribution in [3.05, 3.63) is 59.3 Å². The Labute approximate surface area is 154 Å². The minimum absolute atomic E-state index is 0.0610. The van der Waals surface area contributed by atoms with E-state index >= 15 is 0 Å². The standard InChI is InChI=1S/C21H25N3O2/c1-2-11-22-20(25)17-7-8-19(23-14-17)24-12-13-26-21(15-24)10-9-16-5-3-4-6-18(16)21/h3-8,14H,2,9-13,15H2,1H3,(H,22,25). The van der Waals surface area contributed by atoms with E-state index in [0.29, 0.717) is 18.7 Å². The van der Waals surface area contributed by atoms with Crippen molar-refractivity contribution in [1.82, 2.24) is 10.3 Å². The van der Waals surface area contributed by atoms with E-state index in [1.165, 1.54) is 11.1 Å². The fourth-order valence-corrected chi connectivity index (χ4v) is 4.00. The van der Waals surface area contributed by atoms with E-state index in [2.05, 4.69) is 39.5 Å². The summed E-state index contributed by atoms with van der Waals surface area (Å²) in [7, 11) is 0. The fourth-order valence-electron chi connectivity index (χ4n) is 4.00. The molecule has 1 aliphatic heterocycles. The minimum Gasteiger partial charge on any atom is -0.367 e. The van der Waals surface area contributed by atoms with Gasteiger partial charge in [0.25, 0.3) is 5.91 Å². The molecule has 1 amide bonds. The van der Waals surface area contributed by atoms with Gasteiger partial charge in [0.1, 0.15) is 11.4 Å². The molecule has 1 unspecified atom stereocenters. The van der Waals surface area contributed by atoms with Gasteiger partial charge in [-0.15, -0.1) is 0 Å². The summed E-state index contributed by atoms with van der Waals surface area (Å²) in [4.78, 5) is 18.9. The topological polar surface area (TPSA) is 54.5 Å². The maximum Gasteiger partial charge on any atom is 0.252 e. The highest BCUT2D eigenvalue weighted by atomic mass is 16.5. The van der Waals surface area contributed by atoms with Crippen molar-refractivity contribution in [1.29, 1.82) is 0 Å². The van der Waals surface area contributed by atoms with Crippen molar-refractivity contribution >= 4 is 11.7 Å². The Balaban J connectivity index is 1.51. The lowest BCUT2D eigenvalue weighted by Crippen LogP contribution is -2.49. The largest absolute Gasteiger partial charge is 0.367 e. The molecule has 2 aliphatic rings. The average Bonchev–Trinajstić information content (AvgIpc) is 3.04. The number of nitrogens with zero attached hydrogens (tertiary/aromatic N) is 2. The summed E-state index contributed by atoms with van der Waals surface area (Å²) >= 11 is 0. The Morgan fingerprint density at radius 1 is 1.31 bits per heavy atom. The van der Waals surface area contributed by atoms with Crippen LogP contribution in [-0.4, -0.2) is 37.1 Å². The molecule has 2 aromatic rings. The summed E-state index contributed by atoms with van der Waals surface area (Å²) in [6.07, 6.45) is 4.67. The van der Waals surface area contributed by atoms with Gasteiger partial charge in [0.15, 0.2) is 0 Å². The first-order valence-corrected chi connectivity index (χ1v) is 9.43. The first-order valence-electron chi connectivity index (χ1n) is 9.43. The number of amides is 1. The van der Waals surface area contributed by atoms with Gasteiger partial charge in [-0.05, 0) is 42.5 Å². The molecule has 0 radical (unpaired) electrons. The number of fused-ring (bicyclic) bond motifs is 2. The van der Waals surface area contributed by atoms with Gasteiger partial charge < -0.3 is 15.0 Å². The molecule has 136 valence electrons. The second-order valence-electron chi connectivity index (χ2n) is 7.08. The fraction of sp³-hybridized carbons (Fsp3) is 0.429. The van der Waals surface area contributed by atoms with Crippen LogP contribution in [0.15, 0.2) is 42.6 Å². The first-order chi connectivity index (χ1) is 12.7. The predicted octanol–water partition coefficient (Wildman–Crippen LogP) is 2.90. The van der Waals surface area contributed by atoms with E-state index in [-0.39, 0.29) is 11.5 Å². The number of benzene rings is 1. The molecular weight excluding hydrogens is 326 g/mol. The van der Waals surface area contributed by atoms with Crippen LogP contribution in [0.5, 0.6) is 0 Å². The molecule has 0 bridgehead atoms. The van der Waals surface area contributed by atoms with E-state index < -0.39 is 0 Å². The average molecular weight is 351 g/mol. The summed E-state index contributed by atoms with van der Waals surface area (Å²) < 4.78 is 6.28. The van der Waals surface area contributed by atoms with Crippen LogP contribution in [0.1, 0.15) is 41.3 Å². The van der Waals surface area contributed by atoms with Crippen molar-refractivity contribution in [2.45, 2.75) is 31.8 Å². The zero-order valence-electron chi connectivity index (χ0n) is 15.2. The van der Waals surface area contributed by atoms with Crippen LogP contribution in [0.2, 0.25) is 0 Å². The van der Waals surface area contributed by atoms with Crippen molar-refractivity contribution in [2.24, 2.45) is 0 Å². The van der Waals surface area contributed by atoms with Crippen LogP contribution in [0.4, 0.5) is 5.82 Å². The van der Waals surface area contributed by atoms with Crippen LogP contribution in [-0.2, 0) is 16.8 Å². The molecule has 4 rings (SSSR count). The molecule has 1 aliphatic carbocycles. The molecule has 0 saturated carbocycles. The summed E-state index contributed by atoms with van der Waals surface area (Å²) in [5.74, 6) is 0.846. The molecule has 1 N–H and O–H groups in total. The molecule has 1 fully saturated rings. The number of pyridine rings is 1. The number of hydrogen-bond acceptors (Lipinski definition) is 4. The highest BCUT2D eigenvalue weighted by molar-refractivity contribution is 5.94. The number of hydrogen-bond donors (Lipinski definition) is 1. The van der Waals surface area contributed by atoms with Gasteiger partial charge in [-0.3, -0.25) is 4.79 Å². The molecule has 5 nitrogen and oxygen atoms in total. The van der Waals surface area contributed by atoms with Crippen molar-refractivity contribution < 1.29 is 9.53 Å². The van der Waals surface area contributed by atoms with E-state index in [4.69, 9.17) is 4.74 Å². The van der Waals surface area contributed by atoms with Crippen molar-refractivity contribution in [3.8, 4) is 0 Å². The zero-order valence-corrected chi connectivity index (χ0v) is 15.2. The third-order valence-corrected chi connectivity index (χ3v) is 5.36. The van der Waals surface area contributed by atoms with Gasteiger partial charge in [0, 0.05) is 19.3 Å². The lowest BCUT2D eigenvalue weighted by Gasteiger charge is -2.41. The Bertz CT molecular complexity index is 786. The number of anilines is 1. The van der Waals surface area contributed by atoms with Gasteiger partial charge in [-0.25, -0.2) is 4.98 Å². The highest BCUT2D eigenvalue weighted by Crippen LogP contribution is 2.42. The Hall–Kier alpha value is -2.40. The van der Waals surface area contributed by atoms with Crippen molar-refractivity contribution in [2.75, 3.05) is 31.1 Å². The smallest absolute Gasteiger partial charge is 0.252 e. The number of aromatic nitrogens is 1. The van der Waals surface area contributed by atoms with Crippen LogP contribution >= 0.6 is 0 Å². The first kappa shape index (κ1) is 17.0. The van der Waals surface area contributed by atoms with Crippen LogP contribution in [0.25, 0.3) is 0 Å². The molecular formula is C21H25N3O2. The summed E-state index contributed by atoms with van der Waals surface area (Å²) in [6.45, 7) is 5.04. The number of rotatable bonds is 4. The number of ether oxygens (including phenoxy) is 1. The predicted molar refractivity (Wildman–Crippen MR) is 101 cm³/mol. The van der Waals surface area contributed by atoms with Crippen LogP contribution in [0.3, 0.4) is 0 Å². The van der Waals surface area contributed by atoms with Gasteiger partial charge in [0.2, 0.25) is 0 Å². The van der Waals surface area contributed by atoms with Gasteiger partial charge >= 0.3 is 0 Å². The van der Waals surface area contributed by atoms with Crippen LogP contribution in [0, 0.1) is 0 Å². The van der Waals surface area contributed by atoms with E-state index in [9.17, 15) is 4.79 Å². The molecule has 1 saturated heterocycles. The Morgan fingerprint density at radius 3 is 3.00 bits per heavy atom. The third kappa shape index (κ3) is 3.07. The number of nitrogens with one attached hydrogen (secondary N) is 1. The summed E-state index contributed by atoms with van der Waals surface area (Å²) in [5.41, 5.74) is 3.09. The molecule has 1 spiro atoms. The molecule has 2 heterocycles. The lowest BCUT2D eigenvalue weighted by molar-refractivity contribution is -0.0594. The number of carbonyl (C=O) groups excluding carboxylic acids is 1. The summed E-state index contributed by atoms with van der Waals surface area (Å²) in [5, 5.41) is 2.89. The lowest BCUT2D eigenvalue weighted by atomic mass is 9.93. The van der Waals surface area contributed by atoms with E-state index in [1.807, 2.05) is 19.1 Å². The second-order valence-corrected chi connectivity index (χ2v) is 7.08. The minimum atomic E-state index is -0.228. The maximum absolute atomic E-state index is 12.0. The van der Waals surface area contributed by atoms with Gasteiger partial charge in [-0.2, -0.15) is 0 Å². The Kier molecular flexibility index (Phi) is 4.64. The quantitative estimate of drug-likeness (QED) is 0.920. The van der Waals surface area contributed by atoms with E-state index in [0.717, 1.165) is 38.2 Å². The molecule has 1 aromatic heterocycles. The maximum atomic E-state index is 12.0. The normalized spacial score (nSPS) is 21.7. The highest BCUT2D eigenvalue weighted by Gasteiger charge is 2.43. The molecule has 1 aromatic carbocycles. The number of morpholine rings is 1. The molecule has 5 heteroatoms. The van der Waals surface area contributed by atoms with Gasteiger partial charge in [0.05, 0.1) is 18.7 Å². The number of carbonyl (C=O) groups is 1. The van der Waals surface area contributed by atoms with E-state index in [1.54, 1.807) is 6.20 Å².